The normalized spacial score (nSPS) is 15.8. The minimum absolute atomic E-state index is 0.453. The third kappa shape index (κ3) is 3.60. The van der Waals surface area contributed by atoms with E-state index >= 15 is 0 Å². The molecule has 1 saturated heterocycles. The van der Waals surface area contributed by atoms with Crippen molar-refractivity contribution in [3.8, 4) is 17.3 Å². The molecule has 0 bridgehead atoms. The van der Waals surface area contributed by atoms with E-state index in [1.807, 2.05) is 12.1 Å². The summed E-state index contributed by atoms with van der Waals surface area (Å²) in [5, 5.41) is 13.9. The number of anilines is 1. The van der Waals surface area contributed by atoms with Gasteiger partial charge in [-0.15, -0.1) is 0 Å². The Hall–Kier alpha value is -3.77. The zero-order chi connectivity index (χ0) is 21.1. The molecule has 4 rings (SSSR count). The molecule has 3 aromatic rings. The molecule has 9 heteroatoms. The molecule has 0 aliphatic carbocycles. The molecule has 0 aromatic carbocycles. The molecular weight excluding hydrogens is 378 g/mol. The van der Waals surface area contributed by atoms with Crippen LogP contribution in [0.1, 0.15) is 11.3 Å². The van der Waals surface area contributed by atoms with Gasteiger partial charge in [0.15, 0.2) is 0 Å². The van der Waals surface area contributed by atoms with Crippen LogP contribution in [0.4, 0.5) is 5.82 Å². The Kier molecular flexibility index (Phi) is 5.41. The SMILES string of the molecule is CN=CC(=CN)c1cn2ncc(C#N)c2c(-c2ccc(N3CCN(C)CC3)nc2)n1. The fourth-order valence-electron chi connectivity index (χ4n) is 3.52. The fraction of sp³-hybridized carbons (Fsp3) is 0.286. The molecule has 0 unspecified atom stereocenters. The summed E-state index contributed by atoms with van der Waals surface area (Å²) < 4.78 is 1.65. The minimum atomic E-state index is 0.453. The zero-order valence-corrected chi connectivity index (χ0v) is 17.0. The maximum absolute atomic E-state index is 9.53. The first-order valence-electron chi connectivity index (χ1n) is 9.67. The van der Waals surface area contributed by atoms with Crippen LogP contribution in [0.3, 0.4) is 0 Å². The summed E-state index contributed by atoms with van der Waals surface area (Å²) in [4.78, 5) is 18.1. The van der Waals surface area contributed by atoms with Crippen molar-refractivity contribution in [2.24, 2.45) is 10.7 Å². The average molecular weight is 401 g/mol. The number of hydrogen-bond donors (Lipinski definition) is 1. The standard InChI is InChI=1S/C21H23N9/c1-24-11-16(9-22)18-14-30-21(17(10-23)13-26-30)20(27-18)15-3-4-19(25-12-15)29-7-5-28(2)6-8-29/h3-4,9,11-14H,5-8,22H2,1-2H3. The van der Waals surface area contributed by atoms with Crippen molar-refractivity contribution in [2.75, 3.05) is 45.2 Å². The highest BCUT2D eigenvalue weighted by Crippen LogP contribution is 2.28. The van der Waals surface area contributed by atoms with Gasteiger partial charge in [0, 0.05) is 63.0 Å². The average Bonchev–Trinajstić information content (AvgIpc) is 3.20. The van der Waals surface area contributed by atoms with Crippen LogP contribution in [0, 0.1) is 11.3 Å². The van der Waals surface area contributed by atoms with E-state index in [0.29, 0.717) is 28.0 Å². The van der Waals surface area contributed by atoms with Gasteiger partial charge in [0.2, 0.25) is 0 Å². The van der Waals surface area contributed by atoms with E-state index in [9.17, 15) is 5.26 Å². The van der Waals surface area contributed by atoms with Crippen LogP contribution in [0.25, 0.3) is 22.3 Å². The molecule has 1 aliphatic rings. The zero-order valence-electron chi connectivity index (χ0n) is 17.0. The fourth-order valence-corrected chi connectivity index (χ4v) is 3.52. The molecule has 9 nitrogen and oxygen atoms in total. The van der Waals surface area contributed by atoms with Gasteiger partial charge < -0.3 is 15.5 Å². The lowest BCUT2D eigenvalue weighted by molar-refractivity contribution is 0.312. The highest BCUT2D eigenvalue weighted by molar-refractivity contribution is 6.09. The van der Waals surface area contributed by atoms with Gasteiger partial charge in [-0.05, 0) is 19.2 Å². The van der Waals surface area contributed by atoms with Crippen molar-refractivity contribution >= 4 is 23.1 Å². The van der Waals surface area contributed by atoms with Crippen molar-refractivity contribution < 1.29 is 0 Å². The number of rotatable bonds is 4. The molecule has 152 valence electrons. The predicted octanol–water partition coefficient (Wildman–Crippen LogP) is 1.41. The Labute approximate surface area is 174 Å². The van der Waals surface area contributed by atoms with Gasteiger partial charge in [-0.1, -0.05) is 0 Å². The van der Waals surface area contributed by atoms with Gasteiger partial charge in [0.1, 0.15) is 23.0 Å². The number of nitrogens with zero attached hydrogens (tertiary/aromatic N) is 8. The molecule has 1 fully saturated rings. The van der Waals surface area contributed by atoms with Gasteiger partial charge >= 0.3 is 0 Å². The van der Waals surface area contributed by atoms with E-state index in [2.05, 4.69) is 38.0 Å². The van der Waals surface area contributed by atoms with E-state index < -0.39 is 0 Å². The lowest BCUT2D eigenvalue weighted by atomic mass is 10.1. The van der Waals surface area contributed by atoms with Crippen LogP contribution in [0.2, 0.25) is 0 Å². The monoisotopic (exact) mass is 401 g/mol. The van der Waals surface area contributed by atoms with Crippen molar-refractivity contribution in [3.05, 3.63) is 48.2 Å². The number of nitrogens with two attached hydrogens (primary N) is 1. The van der Waals surface area contributed by atoms with Crippen molar-refractivity contribution in [1.82, 2.24) is 24.5 Å². The molecule has 0 spiro atoms. The van der Waals surface area contributed by atoms with Crippen LogP contribution in [0.5, 0.6) is 0 Å². The third-order valence-electron chi connectivity index (χ3n) is 5.21. The van der Waals surface area contributed by atoms with Crippen molar-refractivity contribution in [1.29, 1.82) is 5.26 Å². The van der Waals surface area contributed by atoms with E-state index in [1.54, 1.807) is 30.2 Å². The summed E-state index contributed by atoms with van der Waals surface area (Å²) in [5.74, 6) is 0.939. The number of nitriles is 1. The van der Waals surface area contributed by atoms with E-state index in [0.717, 1.165) is 37.6 Å². The Morgan fingerprint density at radius 1 is 1.23 bits per heavy atom. The van der Waals surface area contributed by atoms with Gasteiger partial charge in [0.25, 0.3) is 0 Å². The highest BCUT2D eigenvalue weighted by atomic mass is 15.3. The lowest BCUT2D eigenvalue weighted by Gasteiger charge is -2.33. The quantitative estimate of drug-likeness (QED) is 0.658. The Balaban J connectivity index is 1.79. The number of piperazine rings is 1. The summed E-state index contributed by atoms with van der Waals surface area (Å²) in [6.07, 6.45) is 8.17. The molecular formula is C21H23N9. The molecule has 0 radical (unpaired) electrons. The van der Waals surface area contributed by atoms with E-state index in [-0.39, 0.29) is 0 Å². The molecule has 30 heavy (non-hydrogen) atoms. The number of aromatic nitrogens is 4. The van der Waals surface area contributed by atoms with Crippen LogP contribution >= 0.6 is 0 Å². The second kappa shape index (κ2) is 8.31. The highest BCUT2D eigenvalue weighted by Gasteiger charge is 2.18. The summed E-state index contributed by atoms with van der Waals surface area (Å²) in [6, 6.07) is 6.18. The van der Waals surface area contributed by atoms with E-state index in [4.69, 9.17) is 10.7 Å². The molecule has 3 aromatic heterocycles. The number of fused-ring (bicyclic) bond motifs is 1. The second-order valence-electron chi connectivity index (χ2n) is 7.14. The van der Waals surface area contributed by atoms with Crippen LogP contribution in [-0.4, -0.2) is 71.0 Å². The second-order valence-corrected chi connectivity index (χ2v) is 7.14. The van der Waals surface area contributed by atoms with E-state index in [1.165, 1.54) is 12.4 Å². The maximum Gasteiger partial charge on any atom is 0.128 e. The van der Waals surface area contributed by atoms with Crippen LogP contribution in [0.15, 0.2) is 41.9 Å². The summed E-state index contributed by atoms with van der Waals surface area (Å²) in [5.41, 5.74) is 9.57. The van der Waals surface area contributed by atoms with Gasteiger partial charge in [-0.2, -0.15) is 10.4 Å². The van der Waals surface area contributed by atoms with Gasteiger partial charge in [-0.3, -0.25) is 4.99 Å². The number of allylic oxidation sites excluding steroid dienone is 1. The van der Waals surface area contributed by atoms with Crippen molar-refractivity contribution in [3.63, 3.8) is 0 Å². The summed E-state index contributed by atoms with van der Waals surface area (Å²) in [7, 11) is 3.80. The molecule has 0 saturated carbocycles. The first kappa shape index (κ1) is 19.5. The molecule has 2 N–H and O–H groups in total. The number of pyridine rings is 1. The largest absolute Gasteiger partial charge is 0.404 e. The van der Waals surface area contributed by atoms with Crippen LogP contribution in [-0.2, 0) is 0 Å². The third-order valence-corrected chi connectivity index (χ3v) is 5.21. The van der Waals surface area contributed by atoms with Crippen molar-refractivity contribution in [2.45, 2.75) is 0 Å². The Morgan fingerprint density at radius 3 is 2.67 bits per heavy atom. The van der Waals surface area contributed by atoms with Crippen LogP contribution < -0.4 is 10.6 Å². The first-order valence-corrected chi connectivity index (χ1v) is 9.67. The molecule has 0 atom stereocenters. The predicted molar refractivity (Wildman–Crippen MR) is 117 cm³/mol. The maximum atomic E-state index is 9.53. The molecule has 0 amide bonds. The number of hydrogen-bond acceptors (Lipinski definition) is 8. The summed E-state index contributed by atoms with van der Waals surface area (Å²) in [6.45, 7) is 3.93. The topological polar surface area (TPSA) is 112 Å². The Morgan fingerprint density at radius 2 is 2.03 bits per heavy atom. The molecule has 4 heterocycles. The number of aliphatic imine (C=N–C) groups is 1. The smallest absolute Gasteiger partial charge is 0.128 e. The summed E-state index contributed by atoms with van der Waals surface area (Å²) >= 11 is 0. The number of likely N-dealkylation sites (N-methyl/N-ethyl adjacent to an activating group) is 1. The van der Waals surface area contributed by atoms with Gasteiger partial charge in [0.05, 0.1) is 23.8 Å². The van der Waals surface area contributed by atoms with Gasteiger partial charge in [-0.25, -0.2) is 14.5 Å². The molecule has 1 aliphatic heterocycles. The first-order chi connectivity index (χ1) is 14.6. The Bertz CT molecular complexity index is 1140. The lowest BCUT2D eigenvalue weighted by Crippen LogP contribution is -2.44. The minimum Gasteiger partial charge on any atom is -0.404 e.